The number of para-hydroxylation sites is 1. The van der Waals surface area contributed by atoms with E-state index in [2.05, 4.69) is 10.6 Å². The highest BCUT2D eigenvalue weighted by molar-refractivity contribution is 6.06. The lowest BCUT2D eigenvalue weighted by molar-refractivity contribution is -0.123. The first-order valence-corrected chi connectivity index (χ1v) is 10.3. The van der Waals surface area contributed by atoms with Gasteiger partial charge >= 0.3 is 12.0 Å². The van der Waals surface area contributed by atoms with E-state index in [1.54, 1.807) is 12.1 Å². The highest BCUT2D eigenvalue weighted by Gasteiger charge is 2.23. The maximum absolute atomic E-state index is 13.0. The number of pyridine rings is 1. The number of furan rings is 1. The van der Waals surface area contributed by atoms with E-state index in [1.807, 2.05) is 24.3 Å². The standard InChI is InChI=1S/C23H23N3O5/c27-20(26-23(29)24-13-15-7-6-12-30-15)14-31-22(28)21-16-8-2-1-3-10-18(16)25-19-11-5-4-9-17(19)21/h4-7,9,11-12H,1-3,8,10,13-14H2,(H2,24,26,27,29). The van der Waals surface area contributed by atoms with E-state index in [-0.39, 0.29) is 6.54 Å². The SMILES string of the molecule is O=C(COC(=O)c1c2c(nc3ccccc13)CCCCC2)NC(=O)NCc1ccco1. The van der Waals surface area contributed by atoms with Crippen molar-refractivity contribution in [2.45, 2.75) is 38.6 Å². The van der Waals surface area contributed by atoms with Crippen molar-refractivity contribution in [1.82, 2.24) is 15.6 Å². The number of rotatable bonds is 5. The summed E-state index contributed by atoms with van der Waals surface area (Å²) in [4.78, 5) is 41.6. The molecule has 0 bridgehead atoms. The topological polar surface area (TPSA) is 111 Å². The Morgan fingerprint density at radius 2 is 1.87 bits per heavy atom. The lowest BCUT2D eigenvalue weighted by Crippen LogP contribution is -2.41. The predicted molar refractivity (Wildman–Crippen MR) is 112 cm³/mol. The van der Waals surface area contributed by atoms with Gasteiger partial charge in [-0.3, -0.25) is 15.1 Å². The summed E-state index contributed by atoms with van der Waals surface area (Å²) in [5.41, 5.74) is 3.03. The Bertz CT molecular complexity index is 1110. The molecule has 8 heteroatoms. The number of imide groups is 1. The summed E-state index contributed by atoms with van der Waals surface area (Å²) in [6, 6.07) is 10.1. The number of aromatic nitrogens is 1. The molecule has 1 aromatic carbocycles. The Morgan fingerprint density at radius 3 is 2.71 bits per heavy atom. The van der Waals surface area contributed by atoms with Crippen LogP contribution in [0, 0.1) is 0 Å². The number of hydrogen-bond donors (Lipinski definition) is 2. The Labute approximate surface area is 179 Å². The first kappa shape index (κ1) is 20.6. The normalized spacial score (nSPS) is 13.2. The molecule has 0 unspecified atom stereocenters. The molecule has 31 heavy (non-hydrogen) atoms. The number of carbonyl (C=O) groups excluding carboxylic acids is 3. The molecule has 1 aliphatic rings. The molecule has 2 aromatic heterocycles. The van der Waals surface area contributed by atoms with E-state index in [4.69, 9.17) is 14.1 Å². The minimum Gasteiger partial charge on any atom is -0.467 e. The predicted octanol–water partition coefficient (Wildman–Crippen LogP) is 3.28. The van der Waals surface area contributed by atoms with Gasteiger partial charge in [0.1, 0.15) is 5.76 Å². The highest BCUT2D eigenvalue weighted by atomic mass is 16.5. The fourth-order valence-corrected chi connectivity index (χ4v) is 3.77. The van der Waals surface area contributed by atoms with Crippen LogP contribution >= 0.6 is 0 Å². The van der Waals surface area contributed by atoms with Crippen LogP contribution in [0.2, 0.25) is 0 Å². The van der Waals surface area contributed by atoms with Gasteiger partial charge in [-0.05, 0) is 49.4 Å². The number of esters is 1. The summed E-state index contributed by atoms with van der Waals surface area (Å²) in [5.74, 6) is -0.739. The van der Waals surface area contributed by atoms with Gasteiger partial charge in [-0.1, -0.05) is 24.6 Å². The minimum absolute atomic E-state index is 0.140. The summed E-state index contributed by atoms with van der Waals surface area (Å²) in [7, 11) is 0. The monoisotopic (exact) mass is 421 g/mol. The van der Waals surface area contributed by atoms with Gasteiger partial charge in [-0.25, -0.2) is 9.59 Å². The summed E-state index contributed by atoms with van der Waals surface area (Å²) in [5, 5.41) is 5.35. The minimum atomic E-state index is -0.713. The van der Waals surface area contributed by atoms with Gasteiger partial charge in [0.2, 0.25) is 0 Å². The third-order valence-electron chi connectivity index (χ3n) is 5.21. The first-order valence-electron chi connectivity index (χ1n) is 10.3. The van der Waals surface area contributed by atoms with Crippen molar-refractivity contribution in [3.8, 4) is 0 Å². The summed E-state index contributed by atoms with van der Waals surface area (Å²) >= 11 is 0. The summed E-state index contributed by atoms with van der Waals surface area (Å²) in [6.45, 7) is -0.417. The number of nitrogens with zero attached hydrogens (tertiary/aromatic N) is 1. The summed E-state index contributed by atoms with van der Waals surface area (Å²) < 4.78 is 10.4. The van der Waals surface area contributed by atoms with Crippen LogP contribution < -0.4 is 10.6 Å². The zero-order chi connectivity index (χ0) is 21.6. The molecule has 8 nitrogen and oxygen atoms in total. The second-order valence-corrected chi connectivity index (χ2v) is 7.38. The summed E-state index contributed by atoms with van der Waals surface area (Å²) in [6.07, 6.45) is 6.14. The number of fused-ring (bicyclic) bond motifs is 2. The van der Waals surface area contributed by atoms with Gasteiger partial charge in [0.15, 0.2) is 6.61 Å². The van der Waals surface area contributed by atoms with Crippen LogP contribution in [0.1, 0.15) is 46.6 Å². The zero-order valence-electron chi connectivity index (χ0n) is 17.0. The number of urea groups is 1. The van der Waals surface area contributed by atoms with Crippen LogP contribution in [-0.2, 0) is 28.9 Å². The fourth-order valence-electron chi connectivity index (χ4n) is 3.77. The van der Waals surface area contributed by atoms with Crippen LogP contribution in [0.5, 0.6) is 0 Å². The van der Waals surface area contributed by atoms with E-state index in [9.17, 15) is 14.4 Å². The van der Waals surface area contributed by atoms with Crippen LogP contribution in [0.15, 0.2) is 47.1 Å². The Balaban J connectivity index is 1.43. The molecule has 2 heterocycles. The number of amides is 3. The third-order valence-corrected chi connectivity index (χ3v) is 5.21. The van der Waals surface area contributed by atoms with E-state index in [1.165, 1.54) is 6.26 Å². The molecule has 4 rings (SSSR count). The van der Waals surface area contributed by atoms with Gasteiger partial charge in [0, 0.05) is 11.1 Å². The maximum Gasteiger partial charge on any atom is 0.339 e. The number of carbonyl (C=O) groups is 3. The average molecular weight is 421 g/mol. The molecule has 2 N–H and O–H groups in total. The number of benzene rings is 1. The van der Waals surface area contributed by atoms with Crippen molar-refractivity contribution in [1.29, 1.82) is 0 Å². The Kier molecular flexibility index (Phi) is 6.26. The Morgan fingerprint density at radius 1 is 1.03 bits per heavy atom. The molecule has 0 radical (unpaired) electrons. The molecule has 3 aromatic rings. The van der Waals surface area contributed by atoms with Gasteiger partial charge in [-0.2, -0.15) is 0 Å². The zero-order valence-corrected chi connectivity index (χ0v) is 17.0. The lowest BCUT2D eigenvalue weighted by atomic mass is 9.97. The van der Waals surface area contributed by atoms with Crippen molar-refractivity contribution in [3.05, 3.63) is 65.2 Å². The van der Waals surface area contributed by atoms with Crippen LogP contribution in [-0.4, -0.2) is 29.5 Å². The molecule has 0 saturated carbocycles. The molecule has 0 aliphatic heterocycles. The van der Waals surface area contributed by atoms with Gasteiger partial charge in [0.05, 0.1) is 23.9 Å². The quantitative estimate of drug-likeness (QED) is 0.483. The fraction of sp³-hybridized carbons (Fsp3) is 0.304. The molecule has 1 aliphatic carbocycles. The van der Waals surface area contributed by atoms with Crippen molar-refractivity contribution in [2.75, 3.05) is 6.61 Å². The number of ether oxygens (including phenoxy) is 1. The molecule has 3 amide bonds. The maximum atomic E-state index is 13.0. The van der Waals surface area contributed by atoms with Gasteiger partial charge in [0.25, 0.3) is 5.91 Å². The Hall–Kier alpha value is -3.68. The van der Waals surface area contributed by atoms with E-state index < -0.39 is 24.5 Å². The number of aryl methyl sites for hydroxylation is 1. The van der Waals surface area contributed by atoms with Crippen molar-refractivity contribution < 1.29 is 23.5 Å². The smallest absolute Gasteiger partial charge is 0.339 e. The second kappa shape index (κ2) is 9.42. The molecule has 0 saturated heterocycles. The molecular formula is C23H23N3O5. The first-order chi connectivity index (χ1) is 15.1. The second-order valence-electron chi connectivity index (χ2n) is 7.38. The molecule has 0 spiro atoms. The van der Waals surface area contributed by atoms with Gasteiger partial charge < -0.3 is 14.5 Å². The van der Waals surface area contributed by atoms with Crippen LogP contribution in [0.3, 0.4) is 0 Å². The van der Waals surface area contributed by atoms with Gasteiger partial charge in [-0.15, -0.1) is 0 Å². The largest absolute Gasteiger partial charge is 0.467 e. The average Bonchev–Trinajstić information content (AvgIpc) is 3.19. The number of hydrogen-bond acceptors (Lipinski definition) is 6. The van der Waals surface area contributed by atoms with E-state index in [0.717, 1.165) is 48.9 Å². The molecule has 160 valence electrons. The molecular weight excluding hydrogens is 398 g/mol. The van der Waals surface area contributed by atoms with Crippen molar-refractivity contribution in [2.24, 2.45) is 0 Å². The molecule has 0 fully saturated rings. The molecule has 0 atom stereocenters. The van der Waals surface area contributed by atoms with Crippen LogP contribution in [0.4, 0.5) is 4.79 Å². The third kappa shape index (κ3) is 4.91. The lowest BCUT2D eigenvalue weighted by Gasteiger charge is -2.15. The van der Waals surface area contributed by atoms with Crippen molar-refractivity contribution in [3.63, 3.8) is 0 Å². The van der Waals surface area contributed by atoms with Crippen LogP contribution in [0.25, 0.3) is 10.9 Å². The van der Waals surface area contributed by atoms with E-state index in [0.29, 0.717) is 16.7 Å². The number of nitrogens with one attached hydrogen (secondary N) is 2. The highest BCUT2D eigenvalue weighted by Crippen LogP contribution is 2.29. The van der Waals surface area contributed by atoms with E-state index >= 15 is 0 Å². The van der Waals surface area contributed by atoms with Crippen molar-refractivity contribution >= 4 is 28.8 Å².